The zero-order valence-corrected chi connectivity index (χ0v) is 10.5. The van der Waals surface area contributed by atoms with E-state index in [9.17, 15) is 0 Å². The molecule has 0 aliphatic heterocycles. The molecule has 2 atom stereocenters. The molecule has 2 unspecified atom stereocenters. The molecule has 1 N–H and O–H groups in total. The quantitative estimate of drug-likeness (QED) is 0.876. The molecule has 0 spiro atoms. The number of rotatable bonds is 3. The van der Waals surface area contributed by atoms with E-state index in [0.717, 1.165) is 24.3 Å². The first kappa shape index (κ1) is 11.6. The average molecular weight is 235 g/mol. The van der Waals surface area contributed by atoms with E-state index in [1.54, 1.807) is 11.3 Å². The zero-order chi connectivity index (χ0) is 11.6. The van der Waals surface area contributed by atoms with Gasteiger partial charge >= 0.3 is 0 Å². The molecule has 0 saturated heterocycles. The Hall–Kier alpha value is -0.920. The lowest BCUT2D eigenvalue weighted by atomic mass is 9.99. The molecule has 1 heterocycles. The third-order valence-electron chi connectivity index (χ3n) is 3.20. The summed E-state index contributed by atoms with van der Waals surface area (Å²) in [5, 5.41) is 15.7. The van der Waals surface area contributed by atoms with E-state index in [0.29, 0.717) is 6.04 Å². The molecule has 3 nitrogen and oxygen atoms in total. The molecule has 1 saturated carbocycles. The van der Waals surface area contributed by atoms with Crippen molar-refractivity contribution < 1.29 is 0 Å². The van der Waals surface area contributed by atoms with Crippen LogP contribution in [0.4, 0.5) is 0 Å². The summed E-state index contributed by atoms with van der Waals surface area (Å²) < 4.78 is 0. The summed E-state index contributed by atoms with van der Waals surface area (Å²) in [5.74, 6) is 0.166. The van der Waals surface area contributed by atoms with E-state index in [2.05, 4.69) is 30.2 Å². The number of aromatic nitrogens is 1. The van der Waals surface area contributed by atoms with Crippen molar-refractivity contribution in [2.45, 2.75) is 44.7 Å². The fraction of sp³-hybridized carbons (Fsp3) is 0.667. The van der Waals surface area contributed by atoms with Gasteiger partial charge in [-0.25, -0.2) is 4.98 Å². The van der Waals surface area contributed by atoms with Gasteiger partial charge in [0.2, 0.25) is 0 Å². The second kappa shape index (κ2) is 4.52. The van der Waals surface area contributed by atoms with Crippen molar-refractivity contribution in [1.82, 2.24) is 10.3 Å². The van der Waals surface area contributed by atoms with Gasteiger partial charge in [-0.05, 0) is 26.7 Å². The Labute approximate surface area is 101 Å². The summed E-state index contributed by atoms with van der Waals surface area (Å²) in [6.45, 7) is 4.27. The number of hydrogen-bond donors (Lipinski definition) is 1. The monoisotopic (exact) mass is 235 g/mol. The van der Waals surface area contributed by atoms with Gasteiger partial charge in [0.15, 0.2) is 0 Å². The Kier molecular flexibility index (Phi) is 3.27. The van der Waals surface area contributed by atoms with Crippen LogP contribution < -0.4 is 5.32 Å². The molecule has 16 heavy (non-hydrogen) atoms. The molecule has 0 bridgehead atoms. The zero-order valence-electron chi connectivity index (χ0n) is 9.73. The summed E-state index contributed by atoms with van der Waals surface area (Å²) in [6, 6.07) is 2.73. The molecule has 1 fully saturated rings. The van der Waals surface area contributed by atoms with Crippen LogP contribution in [0, 0.1) is 17.2 Å². The SMILES string of the molecule is CC(C)(NC1CCCC1C#N)c1nccs1. The second-order valence-electron chi connectivity index (χ2n) is 4.88. The average Bonchev–Trinajstić information content (AvgIpc) is 2.86. The van der Waals surface area contributed by atoms with Crippen molar-refractivity contribution in [1.29, 1.82) is 5.26 Å². The van der Waals surface area contributed by atoms with Crippen molar-refractivity contribution in [2.75, 3.05) is 0 Å². The minimum Gasteiger partial charge on any atom is -0.302 e. The van der Waals surface area contributed by atoms with Crippen molar-refractivity contribution in [3.8, 4) is 6.07 Å². The van der Waals surface area contributed by atoms with Crippen molar-refractivity contribution in [3.05, 3.63) is 16.6 Å². The highest BCUT2D eigenvalue weighted by Crippen LogP contribution is 2.30. The fourth-order valence-electron chi connectivity index (χ4n) is 2.34. The Morgan fingerprint density at radius 2 is 2.38 bits per heavy atom. The molecular formula is C12H17N3S. The smallest absolute Gasteiger partial charge is 0.112 e. The number of nitriles is 1. The van der Waals surface area contributed by atoms with E-state index in [1.807, 2.05) is 11.6 Å². The summed E-state index contributed by atoms with van der Waals surface area (Å²) in [4.78, 5) is 4.35. The number of thiazole rings is 1. The van der Waals surface area contributed by atoms with Crippen LogP contribution in [0.3, 0.4) is 0 Å². The van der Waals surface area contributed by atoms with Gasteiger partial charge in [-0.3, -0.25) is 0 Å². The minimum atomic E-state index is -0.127. The molecule has 1 aromatic heterocycles. The predicted octanol–water partition coefficient (Wildman–Crippen LogP) is 2.66. The maximum absolute atomic E-state index is 9.06. The van der Waals surface area contributed by atoms with Crippen molar-refractivity contribution in [3.63, 3.8) is 0 Å². The molecule has 4 heteroatoms. The fourth-order valence-corrected chi connectivity index (χ4v) is 3.07. The van der Waals surface area contributed by atoms with E-state index in [1.165, 1.54) is 0 Å². The van der Waals surface area contributed by atoms with Crippen LogP contribution in [0.25, 0.3) is 0 Å². The predicted molar refractivity (Wildman–Crippen MR) is 65.0 cm³/mol. The maximum atomic E-state index is 9.06. The summed E-state index contributed by atoms with van der Waals surface area (Å²) in [5.41, 5.74) is -0.127. The Morgan fingerprint density at radius 1 is 1.56 bits per heavy atom. The lowest BCUT2D eigenvalue weighted by Crippen LogP contribution is -2.45. The molecular weight excluding hydrogens is 218 g/mol. The third-order valence-corrected chi connectivity index (χ3v) is 4.29. The minimum absolute atomic E-state index is 0.127. The highest BCUT2D eigenvalue weighted by molar-refractivity contribution is 7.09. The largest absolute Gasteiger partial charge is 0.302 e. The van der Waals surface area contributed by atoms with E-state index in [4.69, 9.17) is 5.26 Å². The normalized spacial score (nSPS) is 25.6. The molecule has 1 aliphatic carbocycles. The molecule has 1 aliphatic rings. The highest BCUT2D eigenvalue weighted by atomic mass is 32.1. The Balaban J connectivity index is 2.07. The first-order valence-electron chi connectivity index (χ1n) is 5.71. The Bertz CT molecular complexity index is 377. The van der Waals surface area contributed by atoms with Crippen molar-refractivity contribution >= 4 is 11.3 Å². The van der Waals surface area contributed by atoms with E-state index >= 15 is 0 Å². The van der Waals surface area contributed by atoms with Crippen molar-refractivity contribution in [2.24, 2.45) is 5.92 Å². The van der Waals surface area contributed by atoms with Crippen LogP contribution in [0.1, 0.15) is 38.1 Å². The van der Waals surface area contributed by atoms with Gasteiger partial charge in [-0.1, -0.05) is 6.42 Å². The standard InChI is InChI=1S/C12H17N3S/c1-12(2,11-14-6-7-16-11)15-10-5-3-4-9(10)8-13/h6-7,9-10,15H,3-5H2,1-2H3. The van der Waals surface area contributed by atoms with Gasteiger partial charge in [0, 0.05) is 17.6 Å². The molecule has 1 aromatic rings. The van der Waals surface area contributed by atoms with Gasteiger partial charge in [0.05, 0.1) is 17.5 Å². The van der Waals surface area contributed by atoms with E-state index < -0.39 is 0 Å². The number of nitrogens with zero attached hydrogens (tertiary/aromatic N) is 2. The van der Waals surface area contributed by atoms with Crippen LogP contribution in [-0.4, -0.2) is 11.0 Å². The van der Waals surface area contributed by atoms with Crippen LogP contribution in [0.15, 0.2) is 11.6 Å². The van der Waals surface area contributed by atoms with Gasteiger partial charge < -0.3 is 5.32 Å². The topological polar surface area (TPSA) is 48.7 Å². The van der Waals surface area contributed by atoms with Crippen LogP contribution in [-0.2, 0) is 5.54 Å². The molecule has 0 amide bonds. The Morgan fingerprint density at radius 3 is 3.00 bits per heavy atom. The van der Waals surface area contributed by atoms with Crippen LogP contribution in [0.5, 0.6) is 0 Å². The first-order chi connectivity index (χ1) is 7.63. The lowest BCUT2D eigenvalue weighted by Gasteiger charge is -2.29. The molecule has 0 radical (unpaired) electrons. The molecule has 86 valence electrons. The van der Waals surface area contributed by atoms with Crippen LogP contribution >= 0.6 is 11.3 Å². The number of hydrogen-bond acceptors (Lipinski definition) is 4. The molecule has 2 rings (SSSR count). The van der Waals surface area contributed by atoms with E-state index in [-0.39, 0.29) is 11.5 Å². The van der Waals surface area contributed by atoms with Crippen LogP contribution in [0.2, 0.25) is 0 Å². The van der Waals surface area contributed by atoms with Gasteiger partial charge in [-0.15, -0.1) is 11.3 Å². The lowest BCUT2D eigenvalue weighted by molar-refractivity contribution is 0.318. The summed E-state index contributed by atoms with van der Waals surface area (Å²) >= 11 is 1.67. The summed E-state index contributed by atoms with van der Waals surface area (Å²) in [6.07, 6.45) is 5.12. The first-order valence-corrected chi connectivity index (χ1v) is 6.59. The van der Waals surface area contributed by atoms with Gasteiger partial charge in [0.1, 0.15) is 5.01 Å². The molecule has 0 aromatic carbocycles. The maximum Gasteiger partial charge on any atom is 0.112 e. The van der Waals surface area contributed by atoms with Gasteiger partial charge in [-0.2, -0.15) is 5.26 Å². The van der Waals surface area contributed by atoms with Gasteiger partial charge in [0.25, 0.3) is 0 Å². The highest BCUT2D eigenvalue weighted by Gasteiger charge is 2.33. The third kappa shape index (κ3) is 2.26. The second-order valence-corrected chi connectivity index (χ2v) is 5.77. The summed E-state index contributed by atoms with van der Waals surface area (Å²) in [7, 11) is 0. The number of nitrogens with one attached hydrogen (secondary N) is 1.